The van der Waals surface area contributed by atoms with Gasteiger partial charge in [0.1, 0.15) is 5.78 Å². The topological polar surface area (TPSA) is 20.3 Å². The van der Waals surface area contributed by atoms with Gasteiger partial charge in [-0.1, -0.05) is 78.6 Å². The maximum Gasteiger partial charge on any atom is 0.134 e. The fourth-order valence-corrected chi connectivity index (χ4v) is 2.76. The van der Waals surface area contributed by atoms with Crippen molar-refractivity contribution in [1.82, 2.24) is 4.90 Å². The molecule has 21 heavy (non-hydrogen) atoms. The number of Topliss-reactive ketones (excluding diaryl/α,β-unsaturated/α-hetero) is 1. The highest BCUT2D eigenvalue weighted by molar-refractivity contribution is 5.78. The molecule has 0 unspecified atom stereocenters. The highest BCUT2D eigenvalue weighted by Gasteiger charge is 2.05. The van der Waals surface area contributed by atoms with E-state index >= 15 is 0 Å². The Bertz CT molecular complexity index is 224. The van der Waals surface area contributed by atoms with E-state index in [1.54, 1.807) is 0 Å². The van der Waals surface area contributed by atoms with Crippen LogP contribution in [-0.2, 0) is 4.79 Å². The molecule has 0 rings (SSSR count). The van der Waals surface area contributed by atoms with Gasteiger partial charge in [0, 0.05) is 19.4 Å². The van der Waals surface area contributed by atoms with Crippen LogP contribution < -0.4 is 0 Å². The standard InChI is InChI=1S/C19H39NO/c1-4-7-8-9-10-11-12-13-14-15-16-19(21)17-18-20(5-2)6-3/h4-18H2,1-3H3. The second kappa shape index (κ2) is 16.0. The number of carbonyl (C=O) groups excluding carboxylic acids is 1. The van der Waals surface area contributed by atoms with Crippen molar-refractivity contribution < 1.29 is 4.79 Å². The summed E-state index contributed by atoms with van der Waals surface area (Å²) in [6.45, 7) is 9.66. The van der Waals surface area contributed by atoms with E-state index in [1.807, 2.05) is 0 Å². The Balaban J connectivity index is 3.25. The number of hydrogen-bond donors (Lipinski definition) is 0. The molecule has 0 N–H and O–H groups in total. The second-order valence-corrected chi connectivity index (χ2v) is 6.25. The lowest BCUT2D eigenvalue weighted by Crippen LogP contribution is -2.25. The molecule has 0 spiro atoms. The van der Waals surface area contributed by atoms with Gasteiger partial charge in [-0.3, -0.25) is 4.79 Å². The Morgan fingerprint density at radius 1 is 0.667 bits per heavy atom. The summed E-state index contributed by atoms with van der Waals surface area (Å²) < 4.78 is 0. The zero-order valence-electron chi connectivity index (χ0n) is 15.0. The van der Waals surface area contributed by atoms with Crippen molar-refractivity contribution in [3.05, 3.63) is 0 Å². The first-order valence-electron chi connectivity index (χ1n) is 9.48. The third-order valence-corrected chi connectivity index (χ3v) is 4.41. The average molecular weight is 298 g/mol. The third-order valence-electron chi connectivity index (χ3n) is 4.41. The summed E-state index contributed by atoms with van der Waals surface area (Å²) in [5.41, 5.74) is 0. The predicted molar refractivity (Wildman–Crippen MR) is 93.9 cm³/mol. The number of nitrogens with zero attached hydrogens (tertiary/aromatic N) is 1. The van der Waals surface area contributed by atoms with Gasteiger partial charge in [0.15, 0.2) is 0 Å². The molecule has 126 valence electrons. The second-order valence-electron chi connectivity index (χ2n) is 6.25. The van der Waals surface area contributed by atoms with Crippen LogP contribution in [0.1, 0.15) is 97.8 Å². The minimum absolute atomic E-state index is 0.460. The summed E-state index contributed by atoms with van der Waals surface area (Å²) >= 11 is 0. The highest BCUT2D eigenvalue weighted by atomic mass is 16.1. The normalized spacial score (nSPS) is 11.2. The fourth-order valence-electron chi connectivity index (χ4n) is 2.76. The highest BCUT2D eigenvalue weighted by Crippen LogP contribution is 2.11. The van der Waals surface area contributed by atoms with Crippen molar-refractivity contribution in [3.63, 3.8) is 0 Å². The zero-order valence-corrected chi connectivity index (χ0v) is 15.0. The number of rotatable bonds is 16. The van der Waals surface area contributed by atoms with E-state index in [-0.39, 0.29) is 0 Å². The molecule has 2 nitrogen and oxygen atoms in total. The lowest BCUT2D eigenvalue weighted by Gasteiger charge is -2.16. The van der Waals surface area contributed by atoms with Gasteiger partial charge in [0.25, 0.3) is 0 Å². The lowest BCUT2D eigenvalue weighted by atomic mass is 10.0. The van der Waals surface area contributed by atoms with Crippen molar-refractivity contribution in [1.29, 1.82) is 0 Å². The maximum absolute atomic E-state index is 11.8. The van der Waals surface area contributed by atoms with E-state index in [2.05, 4.69) is 25.7 Å². The molecule has 0 amide bonds. The molecule has 2 heteroatoms. The molecular formula is C19H39NO. The lowest BCUT2D eigenvalue weighted by molar-refractivity contribution is -0.119. The summed E-state index contributed by atoms with van der Waals surface area (Å²) in [6.07, 6.45) is 14.9. The van der Waals surface area contributed by atoms with Gasteiger partial charge in [-0.2, -0.15) is 0 Å². The Morgan fingerprint density at radius 3 is 1.62 bits per heavy atom. The molecule has 0 aliphatic carbocycles. The van der Waals surface area contributed by atoms with Crippen molar-refractivity contribution in [3.8, 4) is 0 Å². The molecule has 0 fully saturated rings. The molecule has 0 aliphatic heterocycles. The molecule has 0 aromatic carbocycles. The molecule has 0 radical (unpaired) electrons. The monoisotopic (exact) mass is 297 g/mol. The zero-order chi connectivity index (χ0) is 15.8. The van der Waals surface area contributed by atoms with Gasteiger partial charge in [-0.25, -0.2) is 0 Å². The number of unbranched alkanes of at least 4 members (excludes halogenated alkanes) is 9. The van der Waals surface area contributed by atoms with Gasteiger partial charge in [0.2, 0.25) is 0 Å². The quantitative estimate of drug-likeness (QED) is 0.346. The summed E-state index contributed by atoms with van der Waals surface area (Å²) in [7, 11) is 0. The number of carbonyl (C=O) groups is 1. The van der Waals surface area contributed by atoms with Crippen LogP contribution in [0.2, 0.25) is 0 Å². The molecule has 0 atom stereocenters. The van der Waals surface area contributed by atoms with Crippen LogP contribution in [-0.4, -0.2) is 30.3 Å². The average Bonchev–Trinajstić information content (AvgIpc) is 2.50. The Labute approximate surface area is 133 Å². The van der Waals surface area contributed by atoms with Crippen LogP contribution in [0, 0.1) is 0 Å². The van der Waals surface area contributed by atoms with Gasteiger partial charge < -0.3 is 4.90 Å². The van der Waals surface area contributed by atoms with E-state index in [4.69, 9.17) is 0 Å². The molecule has 0 saturated carbocycles. The predicted octanol–water partition coefficient (Wildman–Crippen LogP) is 5.60. The fraction of sp³-hybridized carbons (Fsp3) is 0.947. The van der Waals surface area contributed by atoms with Crippen molar-refractivity contribution in [2.45, 2.75) is 97.8 Å². The molecule has 0 saturated heterocycles. The third kappa shape index (κ3) is 14.3. The van der Waals surface area contributed by atoms with Crippen molar-refractivity contribution in [2.75, 3.05) is 19.6 Å². The SMILES string of the molecule is CCCCCCCCCCCCC(=O)CCN(CC)CC. The van der Waals surface area contributed by atoms with E-state index in [1.165, 1.54) is 57.8 Å². The Morgan fingerprint density at radius 2 is 1.14 bits per heavy atom. The number of hydrogen-bond acceptors (Lipinski definition) is 2. The van der Waals surface area contributed by atoms with Gasteiger partial charge in [-0.05, 0) is 19.5 Å². The summed E-state index contributed by atoms with van der Waals surface area (Å²) in [5.74, 6) is 0.460. The summed E-state index contributed by atoms with van der Waals surface area (Å²) in [6, 6.07) is 0. The van der Waals surface area contributed by atoms with Crippen LogP contribution >= 0.6 is 0 Å². The molecule has 0 aliphatic rings. The molecular weight excluding hydrogens is 258 g/mol. The largest absolute Gasteiger partial charge is 0.303 e. The van der Waals surface area contributed by atoms with E-state index in [0.717, 1.165) is 38.9 Å². The maximum atomic E-state index is 11.8. The molecule has 0 heterocycles. The van der Waals surface area contributed by atoms with Crippen LogP contribution in [0.15, 0.2) is 0 Å². The first-order valence-corrected chi connectivity index (χ1v) is 9.48. The van der Waals surface area contributed by atoms with E-state index < -0.39 is 0 Å². The minimum atomic E-state index is 0.460. The van der Waals surface area contributed by atoms with Crippen LogP contribution in [0.4, 0.5) is 0 Å². The molecule has 0 bridgehead atoms. The molecule has 0 aromatic rings. The van der Waals surface area contributed by atoms with Crippen LogP contribution in [0.5, 0.6) is 0 Å². The van der Waals surface area contributed by atoms with Crippen LogP contribution in [0.25, 0.3) is 0 Å². The summed E-state index contributed by atoms with van der Waals surface area (Å²) in [5, 5.41) is 0. The Kier molecular flexibility index (Phi) is 15.7. The summed E-state index contributed by atoms with van der Waals surface area (Å²) in [4.78, 5) is 14.1. The first kappa shape index (κ1) is 20.6. The van der Waals surface area contributed by atoms with Crippen molar-refractivity contribution >= 4 is 5.78 Å². The van der Waals surface area contributed by atoms with Crippen molar-refractivity contribution in [2.24, 2.45) is 0 Å². The van der Waals surface area contributed by atoms with Crippen LogP contribution in [0.3, 0.4) is 0 Å². The number of ketones is 1. The smallest absolute Gasteiger partial charge is 0.134 e. The van der Waals surface area contributed by atoms with E-state index in [9.17, 15) is 4.79 Å². The Hall–Kier alpha value is -0.370. The first-order chi connectivity index (χ1) is 10.2. The van der Waals surface area contributed by atoms with Gasteiger partial charge >= 0.3 is 0 Å². The minimum Gasteiger partial charge on any atom is -0.303 e. The van der Waals surface area contributed by atoms with E-state index in [0.29, 0.717) is 5.78 Å². The van der Waals surface area contributed by atoms with Gasteiger partial charge in [-0.15, -0.1) is 0 Å². The van der Waals surface area contributed by atoms with Gasteiger partial charge in [0.05, 0.1) is 0 Å². The molecule has 0 aromatic heterocycles.